The molecule has 0 rings (SSSR count). The van der Waals surface area contributed by atoms with E-state index >= 15 is 0 Å². The number of unbranched alkanes of at least 4 members (excludes halogenated alkanes) is 1. The molecule has 0 saturated heterocycles. The number of hydrogen-bond acceptors (Lipinski definition) is 2. The fourth-order valence-corrected chi connectivity index (χ4v) is 0.474. The van der Waals surface area contributed by atoms with Crippen LogP contribution in [0.25, 0.3) is 0 Å². The lowest BCUT2D eigenvalue weighted by Gasteiger charge is -1.78. The summed E-state index contributed by atoms with van der Waals surface area (Å²) in [5.41, 5.74) is 4.85. The fourth-order valence-electron chi connectivity index (χ4n) is 0.158. The van der Waals surface area contributed by atoms with E-state index in [1.807, 2.05) is 6.92 Å². The van der Waals surface area contributed by atoms with Gasteiger partial charge >= 0.3 is 0 Å². The molecule has 0 amide bonds. The van der Waals surface area contributed by atoms with Crippen molar-refractivity contribution in [2.75, 3.05) is 12.3 Å². The molecule has 1 nitrogen and oxygen atoms in total. The van der Waals surface area contributed by atoms with Gasteiger partial charge < -0.3 is 5.73 Å². The number of hydrogen-bond donors (Lipinski definition) is 2. The normalized spacial score (nSPS) is 7.50. The molecule has 0 bridgehead atoms. The first-order chi connectivity index (χ1) is 3.83. The van der Waals surface area contributed by atoms with Gasteiger partial charge in [0.1, 0.15) is 0 Å². The van der Waals surface area contributed by atoms with Gasteiger partial charge in [0.2, 0.25) is 0 Å². The molecule has 52 valence electrons. The van der Waals surface area contributed by atoms with Crippen LogP contribution in [0.15, 0.2) is 0 Å². The van der Waals surface area contributed by atoms with Gasteiger partial charge in [-0.05, 0) is 18.7 Å². The Hall–Kier alpha value is 0.310. The number of thiol groups is 1. The quantitative estimate of drug-likeness (QED) is 0.554. The summed E-state index contributed by atoms with van der Waals surface area (Å²) in [7, 11) is 0. The van der Waals surface area contributed by atoms with Crippen molar-refractivity contribution >= 4 is 12.6 Å². The second-order valence-corrected chi connectivity index (χ2v) is 1.93. The molecule has 0 spiro atoms. The van der Waals surface area contributed by atoms with Gasteiger partial charge in [0.25, 0.3) is 0 Å². The Bertz CT molecular complexity index is 22.5. The summed E-state index contributed by atoms with van der Waals surface area (Å²) in [5.74, 6) is 1.04. The molecular formula is C6H17NS. The van der Waals surface area contributed by atoms with E-state index in [2.05, 4.69) is 19.6 Å². The second kappa shape index (κ2) is 15.7. The van der Waals surface area contributed by atoms with Crippen molar-refractivity contribution in [2.24, 2.45) is 5.73 Å². The van der Waals surface area contributed by atoms with Gasteiger partial charge in [-0.1, -0.05) is 20.3 Å². The Kier molecular flexibility index (Phi) is 21.8. The molecule has 8 heavy (non-hydrogen) atoms. The van der Waals surface area contributed by atoms with E-state index in [-0.39, 0.29) is 0 Å². The summed E-state index contributed by atoms with van der Waals surface area (Å²) in [6.45, 7) is 4.82. The van der Waals surface area contributed by atoms with Crippen LogP contribution in [0.1, 0.15) is 26.7 Å². The zero-order valence-corrected chi connectivity index (χ0v) is 6.75. The van der Waals surface area contributed by atoms with Crippen molar-refractivity contribution in [3.05, 3.63) is 0 Å². The Morgan fingerprint density at radius 2 is 1.75 bits per heavy atom. The number of nitrogens with two attached hydrogens (primary N) is 1. The average Bonchev–Trinajstić information content (AvgIpc) is 1.71. The summed E-state index contributed by atoms with van der Waals surface area (Å²) >= 11 is 4.00. The molecule has 0 saturated carbocycles. The highest BCUT2D eigenvalue weighted by molar-refractivity contribution is 7.80. The zero-order valence-electron chi connectivity index (χ0n) is 5.85. The van der Waals surface area contributed by atoms with Crippen LogP contribution in [-0.2, 0) is 0 Å². The van der Waals surface area contributed by atoms with Crippen LogP contribution in [0, 0.1) is 0 Å². The molecule has 0 aromatic rings. The van der Waals surface area contributed by atoms with E-state index in [1.165, 1.54) is 12.8 Å². The zero-order chi connectivity index (χ0) is 6.83. The predicted octanol–water partition coefficient (Wildman–Crippen LogP) is 1.68. The summed E-state index contributed by atoms with van der Waals surface area (Å²) in [6, 6.07) is 0. The second-order valence-electron chi connectivity index (χ2n) is 1.49. The van der Waals surface area contributed by atoms with Crippen LogP contribution < -0.4 is 5.73 Å². The van der Waals surface area contributed by atoms with Gasteiger partial charge in [-0.25, -0.2) is 0 Å². The smallest absolute Gasteiger partial charge is 0.00980 e. The minimum absolute atomic E-state index is 0.750. The lowest BCUT2D eigenvalue weighted by molar-refractivity contribution is 0.899. The maximum Gasteiger partial charge on any atom is -0.00980 e. The first kappa shape index (κ1) is 11.2. The largest absolute Gasteiger partial charge is 0.331 e. The standard InChI is InChI=1S/C4H10S.C2H7N/c1-2-3-4-5;1-2-3/h5H,2-4H2,1H3;2-3H2,1H3. The van der Waals surface area contributed by atoms with Crippen LogP contribution >= 0.6 is 12.6 Å². The summed E-state index contributed by atoms with van der Waals surface area (Å²) in [4.78, 5) is 0. The van der Waals surface area contributed by atoms with E-state index < -0.39 is 0 Å². The van der Waals surface area contributed by atoms with Crippen LogP contribution in [0.3, 0.4) is 0 Å². The van der Waals surface area contributed by atoms with Gasteiger partial charge in [0.05, 0.1) is 0 Å². The Morgan fingerprint density at radius 3 is 1.75 bits per heavy atom. The molecule has 0 radical (unpaired) electrons. The summed E-state index contributed by atoms with van der Waals surface area (Å²) in [5, 5.41) is 0. The van der Waals surface area contributed by atoms with Gasteiger partial charge in [0, 0.05) is 0 Å². The van der Waals surface area contributed by atoms with Crippen molar-refractivity contribution in [3.63, 3.8) is 0 Å². The van der Waals surface area contributed by atoms with Crippen molar-refractivity contribution in [2.45, 2.75) is 26.7 Å². The van der Waals surface area contributed by atoms with E-state index in [0.717, 1.165) is 12.3 Å². The minimum Gasteiger partial charge on any atom is -0.331 e. The molecule has 2 N–H and O–H groups in total. The van der Waals surface area contributed by atoms with Crippen molar-refractivity contribution in [3.8, 4) is 0 Å². The van der Waals surface area contributed by atoms with Crippen LogP contribution in [-0.4, -0.2) is 12.3 Å². The Balaban J connectivity index is 0. The van der Waals surface area contributed by atoms with E-state index in [0.29, 0.717) is 0 Å². The summed E-state index contributed by atoms with van der Waals surface area (Å²) < 4.78 is 0. The Labute approximate surface area is 58.1 Å². The Morgan fingerprint density at radius 1 is 1.38 bits per heavy atom. The maximum absolute atomic E-state index is 4.85. The maximum atomic E-state index is 4.85. The van der Waals surface area contributed by atoms with Crippen LogP contribution in [0.4, 0.5) is 0 Å². The highest BCUT2D eigenvalue weighted by Crippen LogP contribution is 1.85. The first-order valence-electron chi connectivity index (χ1n) is 3.14. The molecule has 0 unspecified atom stereocenters. The molecular weight excluding hydrogens is 118 g/mol. The van der Waals surface area contributed by atoms with Crippen LogP contribution in [0.2, 0.25) is 0 Å². The predicted molar refractivity (Wildman–Crippen MR) is 43.5 cm³/mol. The number of rotatable bonds is 2. The average molecular weight is 135 g/mol. The fraction of sp³-hybridized carbons (Fsp3) is 1.00. The van der Waals surface area contributed by atoms with Gasteiger partial charge in [-0.2, -0.15) is 12.6 Å². The van der Waals surface area contributed by atoms with Crippen molar-refractivity contribution in [1.29, 1.82) is 0 Å². The van der Waals surface area contributed by atoms with Gasteiger partial charge in [-0.3, -0.25) is 0 Å². The third-order valence-electron chi connectivity index (χ3n) is 0.512. The minimum atomic E-state index is 0.750. The molecule has 2 heteroatoms. The highest BCUT2D eigenvalue weighted by Gasteiger charge is 1.68. The molecule has 0 fully saturated rings. The molecule has 0 atom stereocenters. The van der Waals surface area contributed by atoms with Gasteiger partial charge in [-0.15, -0.1) is 0 Å². The van der Waals surface area contributed by atoms with Crippen molar-refractivity contribution < 1.29 is 0 Å². The lowest BCUT2D eigenvalue weighted by Crippen LogP contribution is -1.87. The third-order valence-corrected chi connectivity index (χ3v) is 0.828. The highest BCUT2D eigenvalue weighted by atomic mass is 32.1. The van der Waals surface area contributed by atoms with Crippen LogP contribution in [0.5, 0.6) is 0 Å². The monoisotopic (exact) mass is 135 g/mol. The van der Waals surface area contributed by atoms with Gasteiger partial charge in [0.15, 0.2) is 0 Å². The van der Waals surface area contributed by atoms with E-state index in [1.54, 1.807) is 0 Å². The summed E-state index contributed by atoms with van der Waals surface area (Å²) in [6.07, 6.45) is 2.52. The lowest BCUT2D eigenvalue weighted by atomic mass is 10.4. The SMILES string of the molecule is CCCCS.CCN. The topological polar surface area (TPSA) is 26.0 Å². The molecule has 0 aromatic carbocycles. The molecule has 0 aromatic heterocycles. The molecule has 0 aliphatic heterocycles. The molecule has 0 heterocycles. The van der Waals surface area contributed by atoms with Crippen molar-refractivity contribution in [1.82, 2.24) is 0 Å². The third kappa shape index (κ3) is 33.3. The van der Waals surface area contributed by atoms with E-state index in [4.69, 9.17) is 5.73 Å². The first-order valence-corrected chi connectivity index (χ1v) is 3.77. The molecule has 0 aliphatic rings. The molecule has 0 aliphatic carbocycles. The van der Waals surface area contributed by atoms with E-state index in [9.17, 15) is 0 Å².